The molecule has 158 valence electrons. The van der Waals surface area contributed by atoms with Crippen molar-refractivity contribution in [3.63, 3.8) is 0 Å². The second-order valence-corrected chi connectivity index (χ2v) is 8.14. The largest absolute Gasteiger partial charge is 0.432 e. The number of rotatable bonds is 4. The molecule has 3 fully saturated rings. The molecule has 3 saturated heterocycles. The van der Waals surface area contributed by atoms with E-state index >= 15 is 0 Å². The third-order valence-electron chi connectivity index (χ3n) is 6.32. The van der Waals surface area contributed by atoms with Crippen molar-refractivity contribution in [3.8, 4) is 22.6 Å². The molecule has 6 heterocycles. The third kappa shape index (κ3) is 3.16. The minimum absolute atomic E-state index is 0.181. The first-order chi connectivity index (χ1) is 15.2. The number of nitrogens with zero attached hydrogens (tertiary/aromatic N) is 5. The number of hydrogen-bond acceptors (Lipinski definition) is 6. The Labute approximate surface area is 176 Å². The molecule has 0 radical (unpaired) electrons. The van der Waals surface area contributed by atoms with Gasteiger partial charge in [0.05, 0.1) is 5.69 Å². The number of hydrogen-bond donors (Lipinski definition) is 1. The number of aromatic nitrogens is 4. The molecule has 1 N–H and O–H groups in total. The summed E-state index contributed by atoms with van der Waals surface area (Å²) < 4.78 is 35.2. The summed E-state index contributed by atoms with van der Waals surface area (Å²) in [7, 11) is 0. The van der Waals surface area contributed by atoms with Gasteiger partial charge in [-0.1, -0.05) is 0 Å². The lowest BCUT2D eigenvalue weighted by molar-refractivity contribution is 0.0972. The quantitative estimate of drug-likeness (QED) is 0.539. The van der Waals surface area contributed by atoms with Crippen LogP contribution in [0.1, 0.15) is 12.8 Å². The average molecular weight is 422 g/mol. The number of nitrogens with one attached hydrogen (secondary N) is 1. The molecule has 2 bridgehead atoms. The minimum atomic E-state index is -0.693. The van der Waals surface area contributed by atoms with Crippen molar-refractivity contribution < 1.29 is 13.2 Å². The maximum Gasteiger partial charge on any atom is 0.306 e. The topological polar surface area (TPSA) is 71.5 Å². The standard InChI is InChI=1S/C22H20F2N6O/c23-14-1-2-15(16(24)11-14)19-20(30-9-10-31-22(30)28-19)17-3-6-25-21(26-17)27-18-12-29-7-4-13(18)5-8-29/h1-3,6,9-11,13,18H,4-5,7-8,12H2,(H,25,26,27)/t18-/m0/s1. The molecule has 1 aromatic carbocycles. The Morgan fingerprint density at radius 2 is 1.97 bits per heavy atom. The molecular weight excluding hydrogens is 402 g/mol. The summed E-state index contributed by atoms with van der Waals surface area (Å²) in [6, 6.07) is 5.50. The predicted octanol–water partition coefficient (Wildman–Crippen LogP) is 3.84. The lowest BCUT2D eigenvalue weighted by Gasteiger charge is -2.44. The van der Waals surface area contributed by atoms with Gasteiger partial charge in [-0.15, -0.1) is 0 Å². The molecule has 3 aliphatic heterocycles. The van der Waals surface area contributed by atoms with E-state index in [-0.39, 0.29) is 5.56 Å². The van der Waals surface area contributed by atoms with E-state index in [2.05, 4.69) is 20.2 Å². The van der Waals surface area contributed by atoms with E-state index in [1.807, 2.05) is 0 Å². The van der Waals surface area contributed by atoms with Gasteiger partial charge in [-0.3, -0.25) is 4.40 Å². The number of piperidine rings is 3. The molecule has 31 heavy (non-hydrogen) atoms. The molecule has 3 aliphatic rings. The minimum Gasteiger partial charge on any atom is -0.432 e. The Balaban J connectivity index is 1.41. The number of halogens is 2. The number of benzene rings is 1. The van der Waals surface area contributed by atoms with Crippen LogP contribution >= 0.6 is 0 Å². The van der Waals surface area contributed by atoms with Crippen LogP contribution in [0.5, 0.6) is 0 Å². The summed E-state index contributed by atoms with van der Waals surface area (Å²) in [5.74, 6) is 0.120. The fourth-order valence-electron chi connectivity index (χ4n) is 4.75. The maximum atomic E-state index is 14.6. The van der Waals surface area contributed by atoms with Gasteiger partial charge >= 0.3 is 5.84 Å². The maximum absolute atomic E-state index is 14.6. The molecule has 9 heteroatoms. The van der Waals surface area contributed by atoms with E-state index in [4.69, 9.17) is 9.40 Å². The van der Waals surface area contributed by atoms with Gasteiger partial charge in [0.25, 0.3) is 0 Å². The van der Waals surface area contributed by atoms with Gasteiger partial charge in [0.15, 0.2) is 0 Å². The van der Waals surface area contributed by atoms with E-state index in [1.165, 1.54) is 31.2 Å². The van der Waals surface area contributed by atoms with E-state index < -0.39 is 11.6 Å². The van der Waals surface area contributed by atoms with Crippen molar-refractivity contribution in [2.45, 2.75) is 18.9 Å². The third-order valence-corrected chi connectivity index (χ3v) is 6.32. The predicted molar refractivity (Wildman–Crippen MR) is 110 cm³/mol. The number of anilines is 1. The molecule has 4 aromatic rings. The molecule has 7 rings (SSSR count). The van der Waals surface area contributed by atoms with Crippen LogP contribution in [0.3, 0.4) is 0 Å². The fraction of sp³-hybridized carbons (Fsp3) is 0.318. The van der Waals surface area contributed by atoms with Gasteiger partial charge < -0.3 is 14.6 Å². The van der Waals surface area contributed by atoms with Gasteiger partial charge in [-0.05, 0) is 50.0 Å². The lowest BCUT2D eigenvalue weighted by atomic mass is 9.84. The average Bonchev–Trinajstić information content (AvgIpc) is 3.36. The summed E-state index contributed by atoms with van der Waals surface area (Å²) in [4.78, 5) is 16.0. The normalized spacial score (nSPS) is 22.8. The van der Waals surface area contributed by atoms with Gasteiger partial charge in [0.1, 0.15) is 29.3 Å². The molecule has 1 atom stereocenters. The van der Waals surface area contributed by atoms with Crippen LogP contribution in [-0.2, 0) is 0 Å². The summed E-state index contributed by atoms with van der Waals surface area (Å²) in [5, 5.41) is 3.49. The van der Waals surface area contributed by atoms with Crippen LogP contribution < -0.4 is 5.32 Å². The van der Waals surface area contributed by atoms with Crippen molar-refractivity contribution in [1.82, 2.24) is 24.3 Å². The fourth-order valence-corrected chi connectivity index (χ4v) is 4.75. The monoisotopic (exact) mass is 422 g/mol. The van der Waals surface area contributed by atoms with Crippen molar-refractivity contribution in [2.75, 3.05) is 25.0 Å². The Hall–Kier alpha value is -3.33. The van der Waals surface area contributed by atoms with Crippen molar-refractivity contribution in [3.05, 3.63) is 54.6 Å². The molecule has 3 aromatic heterocycles. The molecular formula is C22H20F2N6O. The Bertz CT molecular complexity index is 1260. The zero-order valence-corrected chi connectivity index (χ0v) is 16.6. The molecule has 0 aliphatic carbocycles. The highest BCUT2D eigenvalue weighted by Gasteiger charge is 2.34. The van der Waals surface area contributed by atoms with E-state index in [0.29, 0.717) is 40.8 Å². The van der Waals surface area contributed by atoms with Crippen molar-refractivity contribution >= 4 is 11.8 Å². The van der Waals surface area contributed by atoms with Crippen LogP contribution in [0, 0.1) is 17.6 Å². The van der Waals surface area contributed by atoms with Crippen LogP contribution in [0.4, 0.5) is 14.7 Å². The lowest BCUT2D eigenvalue weighted by Crippen LogP contribution is -2.53. The second kappa shape index (κ2) is 7.12. The number of imidazole rings is 1. The van der Waals surface area contributed by atoms with Gasteiger partial charge in [0.2, 0.25) is 5.95 Å². The van der Waals surface area contributed by atoms with Gasteiger partial charge in [0, 0.05) is 36.6 Å². The van der Waals surface area contributed by atoms with Crippen LogP contribution in [-0.4, -0.2) is 49.9 Å². The van der Waals surface area contributed by atoms with E-state index in [9.17, 15) is 8.78 Å². The zero-order chi connectivity index (χ0) is 20.9. The van der Waals surface area contributed by atoms with Gasteiger partial charge in [-0.2, -0.15) is 4.98 Å². The van der Waals surface area contributed by atoms with Gasteiger partial charge in [-0.25, -0.2) is 18.7 Å². The SMILES string of the molecule is Fc1ccc(-c2nc3occn3c2-c2ccnc(N[C@H]3CN4CCC3CC4)n2)c(F)c1. The first-order valence-electron chi connectivity index (χ1n) is 10.4. The van der Waals surface area contributed by atoms with Crippen molar-refractivity contribution in [1.29, 1.82) is 0 Å². The first kappa shape index (κ1) is 18.4. The van der Waals surface area contributed by atoms with E-state index in [1.54, 1.807) is 22.9 Å². The van der Waals surface area contributed by atoms with Crippen LogP contribution in [0.2, 0.25) is 0 Å². The first-order valence-corrected chi connectivity index (χ1v) is 10.4. The highest BCUT2D eigenvalue weighted by atomic mass is 19.1. The molecule has 0 saturated carbocycles. The Kier molecular flexibility index (Phi) is 4.24. The number of fused-ring (bicyclic) bond motifs is 4. The smallest absolute Gasteiger partial charge is 0.306 e. The summed E-state index contributed by atoms with van der Waals surface area (Å²) in [6.07, 6.45) is 7.25. The Morgan fingerprint density at radius 1 is 1.10 bits per heavy atom. The molecule has 0 amide bonds. The zero-order valence-electron chi connectivity index (χ0n) is 16.6. The van der Waals surface area contributed by atoms with Crippen LogP contribution in [0.15, 0.2) is 47.3 Å². The number of oxazole rings is 1. The summed E-state index contributed by atoms with van der Waals surface area (Å²) >= 11 is 0. The Morgan fingerprint density at radius 3 is 2.74 bits per heavy atom. The highest BCUT2D eigenvalue weighted by molar-refractivity contribution is 5.80. The van der Waals surface area contributed by atoms with Crippen LogP contribution in [0.25, 0.3) is 28.5 Å². The second-order valence-electron chi connectivity index (χ2n) is 8.14. The molecule has 7 nitrogen and oxygen atoms in total. The summed E-state index contributed by atoms with van der Waals surface area (Å²) in [6.45, 7) is 3.30. The van der Waals surface area contributed by atoms with E-state index in [0.717, 1.165) is 25.7 Å². The summed E-state index contributed by atoms with van der Waals surface area (Å²) in [5.41, 5.74) is 1.66. The van der Waals surface area contributed by atoms with Crippen molar-refractivity contribution in [2.24, 2.45) is 5.92 Å². The highest BCUT2D eigenvalue weighted by Crippen LogP contribution is 2.34. The molecule has 0 spiro atoms. The molecule has 0 unspecified atom stereocenters.